The highest BCUT2D eigenvalue weighted by atomic mass is 16.5. The summed E-state index contributed by atoms with van der Waals surface area (Å²) in [6.07, 6.45) is 13.6. The van der Waals surface area contributed by atoms with Crippen LogP contribution in [0.15, 0.2) is 48.0 Å². The van der Waals surface area contributed by atoms with Crippen LogP contribution in [0.1, 0.15) is 92.9 Å². The Labute approximate surface area is 157 Å². The van der Waals surface area contributed by atoms with Gasteiger partial charge in [-0.15, -0.1) is 0 Å². The van der Waals surface area contributed by atoms with Crippen molar-refractivity contribution in [2.45, 2.75) is 92.9 Å². The molecule has 0 N–H and O–H groups in total. The second-order valence-corrected chi connectivity index (χ2v) is 8.18. The first kappa shape index (κ1) is 23.8. The molecule has 0 aromatic rings. The van der Waals surface area contributed by atoms with E-state index in [1.54, 1.807) is 0 Å². The lowest BCUT2D eigenvalue weighted by Crippen LogP contribution is -2.00. The zero-order chi connectivity index (χ0) is 19.2. The first-order valence-corrected chi connectivity index (χ1v) is 10.0. The highest BCUT2D eigenvalue weighted by Crippen LogP contribution is 2.22. The molecular formula is C24H42O. The maximum absolute atomic E-state index is 5.82. The van der Waals surface area contributed by atoms with Crippen LogP contribution in [0, 0.1) is 11.8 Å². The van der Waals surface area contributed by atoms with Gasteiger partial charge in [0, 0.05) is 12.8 Å². The van der Waals surface area contributed by atoms with Crippen LogP contribution in [0.3, 0.4) is 0 Å². The van der Waals surface area contributed by atoms with Gasteiger partial charge in [-0.05, 0) is 78.1 Å². The number of hydrogen-bond donors (Lipinski definition) is 0. The Morgan fingerprint density at radius 3 is 1.40 bits per heavy atom. The molecule has 1 heteroatoms. The van der Waals surface area contributed by atoms with Gasteiger partial charge >= 0.3 is 0 Å². The Hall–Kier alpha value is -1.24. The number of ether oxygens (including phenoxy) is 1. The monoisotopic (exact) mass is 346 g/mol. The molecule has 0 fully saturated rings. The molecule has 0 radical (unpaired) electrons. The van der Waals surface area contributed by atoms with Gasteiger partial charge in [0.1, 0.15) is 0 Å². The Kier molecular flexibility index (Phi) is 13.3. The number of rotatable bonds is 14. The summed E-state index contributed by atoms with van der Waals surface area (Å²) >= 11 is 0. The zero-order valence-electron chi connectivity index (χ0n) is 17.8. The fraction of sp³-hybridized carbons (Fsp3) is 0.667. The van der Waals surface area contributed by atoms with Crippen LogP contribution in [0.25, 0.3) is 0 Å². The molecule has 0 heterocycles. The topological polar surface area (TPSA) is 9.23 Å². The second-order valence-electron chi connectivity index (χ2n) is 8.18. The SMILES string of the molecule is C=C(CCC(C)CCC=C(C)C)OC(=C)CCC(C)CCC=C(C)C. The van der Waals surface area contributed by atoms with E-state index < -0.39 is 0 Å². The van der Waals surface area contributed by atoms with Crippen LogP contribution in [0.5, 0.6) is 0 Å². The van der Waals surface area contributed by atoms with Crippen molar-refractivity contribution in [3.63, 3.8) is 0 Å². The van der Waals surface area contributed by atoms with E-state index in [2.05, 4.69) is 66.9 Å². The van der Waals surface area contributed by atoms with E-state index >= 15 is 0 Å². The van der Waals surface area contributed by atoms with Gasteiger partial charge in [0.15, 0.2) is 0 Å². The molecule has 0 spiro atoms. The van der Waals surface area contributed by atoms with Gasteiger partial charge in [-0.3, -0.25) is 0 Å². The number of allylic oxidation sites excluding steroid dienone is 6. The van der Waals surface area contributed by atoms with Gasteiger partial charge in [0.25, 0.3) is 0 Å². The molecule has 0 saturated heterocycles. The predicted molar refractivity (Wildman–Crippen MR) is 113 cm³/mol. The fourth-order valence-electron chi connectivity index (χ4n) is 2.72. The molecule has 1 nitrogen and oxygen atoms in total. The zero-order valence-corrected chi connectivity index (χ0v) is 17.8. The van der Waals surface area contributed by atoms with E-state index in [9.17, 15) is 0 Å². The van der Waals surface area contributed by atoms with Gasteiger partial charge < -0.3 is 4.74 Å². The molecule has 0 aliphatic carbocycles. The fourth-order valence-corrected chi connectivity index (χ4v) is 2.72. The molecule has 2 unspecified atom stereocenters. The van der Waals surface area contributed by atoms with Crippen molar-refractivity contribution in [2.24, 2.45) is 11.8 Å². The average molecular weight is 347 g/mol. The van der Waals surface area contributed by atoms with Crippen LogP contribution in [-0.2, 0) is 4.74 Å². The summed E-state index contributed by atoms with van der Waals surface area (Å²) in [6.45, 7) is 21.4. The normalized spacial score (nSPS) is 12.9. The third-order valence-corrected chi connectivity index (χ3v) is 4.54. The van der Waals surface area contributed by atoms with E-state index in [0.29, 0.717) is 11.8 Å². The summed E-state index contributed by atoms with van der Waals surface area (Å²) < 4.78 is 5.82. The maximum atomic E-state index is 5.82. The molecule has 0 aliphatic heterocycles. The largest absolute Gasteiger partial charge is 0.467 e. The van der Waals surface area contributed by atoms with Gasteiger partial charge in [0.05, 0.1) is 11.5 Å². The molecule has 25 heavy (non-hydrogen) atoms. The van der Waals surface area contributed by atoms with Crippen molar-refractivity contribution in [3.8, 4) is 0 Å². The third kappa shape index (κ3) is 16.0. The quantitative estimate of drug-likeness (QED) is 0.227. The molecule has 0 saturated carbocycles. The summed E-state index contributed by atoms with van der Waals surface area (Å²) in [6, 6.07) is 0. The molecule has 2 atom stereocenters. The van der Waals surface area contributed by atoms with E-state index in [0.717, 1.165) is 37.2 Å². The first-order valence-electron chi connectivity index (χ1n) is 10.0. The summed E-state index contributed by atoms with van der Waals surface area (Å²) in [4.78, 5) is 0. The summed E-state index contributed by atoms with van der Waals surface area (Å²) in [5.74, 6) is 3.16. The molecular weight excluding hydrogens is 304 g/mol. The van der Waals surface area contributed by atoms with Crippen molar-refractivity contribution in [1.82, 2.24) is 0 Å². The van der Waals surface area contributed by atoms with Crippen LogP contribution < -0.4 is 0 Å². The molecule has 0 aliphatic rings. The van der Waals surface area contributed by atoms with Crippen molar-refractivity contribution in [2.75, 3.05) is 0 Å². The van der Waals surface area contributed by atoms with Crippen molar-refractivity contribution >= 4 is 0 Å². The third-order valence-electron chi connectivity index (χ3n) is 4.54. The lowest BCUT2D eigenvalue weighted by Gasteiger charge is -2.15. The van der Waals surface area contributed by atoms with Crippen molar-refractivity contribution < 1.29 is 4.74 Å². The molecule has 0 bridgehead atoms. The van der Waals surface area contributed by atoms with Crippen molar-refractivity contribution in [1.29, 1.82) is 0 Å². The first-order chi connectivity index (χ1) is 11.7. The summed E-state index contributed by atoms with van der Waals surface area (Å²) in [5, 5.41) is 0. The van der Waals surface area contributed by atoms with Gasteiger partial charge in [-0.1, -0.05) is 50.3 Å². The number of hydrogen-bond acceptors (Lipinski definition) is 1. The molecule has 144 valence electrons. The minimum Gasteiger partial charge on any atom is -0.467 e. The lowest BCUT2D eigenvalue weighted by atomic mass is 9.98. The van der Waals surface area contributed by atoms with E-state index in [1.807, 2.05) is 0 Å². The summed E-state index contributed by atoms with van der Waals surface area (Å²) in [7, 11) is 0. The molecule has 0 amide bonds. The Balaban J connectivity index is 3.85. The van der Waals surface area contributed by atoms with E-state index in [1.165, 1.54) is 36.8 Å². The Morgan fingerprint density at radius 1 is 0.720 bits per heavy atom. The molecule has 0 rings (SSSR count). The van der Waals surface area contributed by atoms with E-state index in [-0.39, 0.29) is 0 Å². The molecule has 0 aromatic heterocycles. The van der Waals surface area contributed by atoms with Crippen LogP contribution >= 0.6 is 0 Å². The van der Waals surface area contributed by atoms with Gasteiger partial charge in [0.2, 0.25) is 0 Å². The second kappa shape index (κ2) is 14.0. The maximum Gasteiger partial charge on any atom is 0.0964 e. The van der Waals surface area contributed by atoms with Crippen LogP contribution in [-0.4, -0.2) is 0 Å². The predicted octanol–water partition coefficient (Wildman–Crippen LogP) is 8.36. The molecule has 0 aromatic carbocycles. The highest BCUT2D eigenvalue weighted by molar-refractivity contribution is 4.95. The van der Waals surface area contributed by atoms with Crippen LogP contribution in [0.2, 0.25) is 0 Å². The Morgan fingerprint density at radius 2 is 1.08 bits per heavy atom. The average Bonchev–Trinajstić information content (AvgIpc) is 2.50. The van der Waals surface area contributed by atoms with Crippen LogP contribution in [0.4, 0.5) is 0 Å². The summed E-state index contributed by atoms with van der Waals surface area (Å²) in [5.41, 5.74) is 2.82. The lowest BCUT2D eigenvalue weighted by molar-refractivity contribution is 0.264. The Bertz CT molecular complexity index is 403. The smallest absolute Gasteiger partial charge is 0.0964 e. The van der Waals surface area contributed by atoms with E-state index in [4.69, 9.17) is 4.74 Å². The van der Waals surface area contributed by atoms with Gasteiger partial charge in [-0.2, -0.15) is 0 Å². The standard InChI is InChI=1S/C24H42O/c1-19(2)11-9-13-21(5)15-17-23(7)25-24(8)18-16-22(6)14-10-12-20(3)4/h11-12,21-22H,7-10,13-18H2,1-6H3. The van der Waals surface area contributed by atoms with Crippen molar-refractivity contribution in [3.05, 3.63) is 48.0 Å². The minimum absolute atomic E-state index is 0.708. The highest BCUT2D eigenvalue weighted by Gasteiger charge is 2.07. The minimum atomic E-state index is 0.708. The van der Waals surface area contributed by atoms with Gasteiger partial charge in [-0.25, -0.2) is 0 Å².